The maximum absolute atomic E-state index is 13.5. The van der Waals surface area contributed by atoms with Crippen LogP contribution in [0.15, 0.2) is 78.4 Å². The van der Waals surface area contributed by atoms with Crippen LogP contribution in [0.3, 0.4) is 0 Å². The Bertz CT molecular complexity index is 1730. The molecule has 0 bridgehead atoms. The van der Waals surface area contributed by atoms with E-state index >= 15 is 0 Å². The van der Waals surface area contributed by atoms with Gasteiger partial charge in [-0.25, -0.2) is 0 Å². The number of benzene rings is 1. The van der Waals surface area contributed by atoms with Crippen LogP contribution < -0.4 is 0 Å². The monoisotopic (exact) mass is 889 g/mol. The third-order valence-corrected chi connectivity index (χ3v) is 15.5. The van der Waals surface area contributed by atoms with Crippen LogP contribution in [0.5, 0.6) is 0 Å². The molecule has 1 aromatic rings. The molecule has 0 aromatic heterocycles. The lowest BCUT2D eigenvalue weighted by atomic mass is 9.62. The molecule has 2 aliphatic carbocycles. The molecule has 1 saturated carbocycles. The Hall–Kier alpha value is -3.80. The Morgan fingerprint density at radius 1 is 0.569 bits per heavy atom. The van der Waals surface area contributed by atoms with Crippen LogP contribution in [0.4, 0.5) is 0 Å². The average Bonchev–Trinajstić information content (AvgIpc) is 4.00. The first-order valence-electron chi connectivity index (χ1n) is 27.0. The number of hydrogen-bond acceptors (Lipinski definition) is 4. The predicted molar refractivity (Wildman–Crippen MR) is 271 cm³/mol. The van der Waals surface area contributed by atoms with Gasteiger partial charge in [-0.2, -0.15) is 0 Å². The fraction of sp³-hybridized carbons (Fsp3) is 0.661. The van der Waals surface area contributed by atoms with Crippen molar-refractivity contribution < 1.29 is 19.2 Å². The van der Waals surface area contributed by atoms with E-state index in [9.17, 15) is 19.2 Å². The van der Waals surface area contributed by atoms with Crippen molar-refractivity contribution in [2.24, 2.45) is 29.6 Å². The fourth-order valence-corrected chi connectivity index (χ4v) is 11.6. The summed E-state index contributed by atoms with van der Waals surface area (Å²) in [5.74, 6) is 3.11. The smallest absolute Gasteiger partial charge is 0.261 e. The van der Waals surface area contributed by atoms with Gasteiger partial charge in [-0.3, -0.25) is 29.0 Å². The Kier molecular flexibility index (Phi) is 23.9. The van der Waals surface area contributed by atoms with Crippen molar-refractivity contribution in [1.29, 1.82) is 0 Å². The lowest BCUT2D eigenvalue weighted by Crippen LogP contribution is -2.33. The Labute approximate surface area is 395 Å². The molecule has 6 nitrogen and oxygen atoms in total. The van der Waals surface area contributed by atoms with E-state index in [1.165, 1.54) is 182 Å². The van der Waals surface area contributed by atoms with Crippen molar-refractivity contribution in [3.8, 4) is 0 Å². The quantitative estimate of drug-likeness (QED) is 0.0503. The second-order valence-electron chi connectivity index (χ2n) is 20.4. The van der Waals surface area contributed by atoms with Crippen molar-refractivity contribution in [1.82, 2.24) is 9.80 Å². The number of hydrogen-bond donors (Lipinski definition) is 0. The molecule has 0 saturated heterocycles. The molecule has 2 aliphatic heterocycles. The van der Waals surface area contributed by atoms with E-state index in [4.69, 9.17) is 0 Å². The second-order valence-corrected chi connectivity index (χ2v) is 20.4. The van der Waals surface area contributed by atoms with Gasteiger partial charge < -0.3 is 0 Å². The summed E-state index contributed by atoms with van der Waals surface area (Å²) < 4.78 is 0. The fourth-order valence-electron chi connectivity index (χ4n) is 11.6. The lowest BCUT2D eigenvalue weighted by Gasteiger charge is -2.43. The molecule has 65 heavy (non-hydrogen) atoms. The van der Waals surface area contributed by atoms with Gasteiger partial charge in [0.05, 0.1) is 0 Å². The zero-order valence-corrected chi connectivity index (χ0v) is 41.1. The number of amides is 4. The van der Waals surface area contributed by atoms with E-state index in [1.54, 1.807) is 6.08 Å². The van der Waals surface area contributed by atoms with Gasteiger partial charge in [0.1, 0.15) is 0 Å². The molecule has 5 rings (SSSR count). The van der Waals surface area contributed by atoms with Crippen molar-refractivity contribution >= 4 is 29.7 Å². The van der Waals surface area contributed by atoms with Crippen LogP contribution in [-0.4, -0.2) is 46.5 Å². The highest BCUT2D eigenvalue weighted by atomic mass is 16.2. The minimum atomic E-state index is -0.156. The van der Waals surface area contributed by atoms with E-state index in [2.05, 4.69) is 50.8 Å². The first-order valence-corrected chi connectivity index (χ1v) is 27.0. The first-order chi connectivity index (χ1) is 31.8. The number of aryl methyl sites for hydroxylation is 1. The van der Waals surface area contributed by atoms with Crippen LogP contribution in [0.2, 0.25) is 0 Å². The number of allylic oxidation sites excluding steroid dienone is 3. The van der Waals surface area contributed by atoms with Gasteiger partial charge in [0.15, 0.2) is 0 Å². The highest BCUT2D eigenvalue weighted by Crippen LogP contribution is 2.47. The van der Waals surface area contributed by atoms with E-state index in [0.717, 1.165) is 73.3 Å². The van der Waals surface area contributed by atoms with E-state index in [0.29, 0.717) is 18.7 Å². The van der Waals surface area contributed by atoms with Gasteiger partial charge in [-0.05, 0) is 85.3 Å². The van der Waals surface area contributed by atoms with E-state index in [-0.39, 0.29) is 29.5 Å². The summed E-state index contributed by atoms with van der Waals surface area (Å²) in [6.07, 6.45) is 50.7. The van der Waals surface area contributed by atoms with Crippen LogP contribution in [-0.2, 0) is 25.6 Å². The Morgan fingerprint density at radius 2 is 1.08 bits per heavy atom. The summed E-state index contributed by atoms with van der Waals surface area (Å²) in [6, 6.07) is 8.49. The molecule has 358 valence electrons. The normalized spacial score (nSPS) is 21.9. The number of carbonyl (C=O) groups excluding carboxylic acids is 4. The molecule has 5 atom stereocenters. The van der Waals surface area contributed by atoms with E-state index < -0.39 is 0 Å². The third-order valence-electron chi connectivity index (χ3n) is 15.5. The molecule has 0 N–H and O–H groups in total. The molecule has 6 heteroatoms. The van der Waals surface area contributed by atoms with Gasteiger partial charge in [-0.1, -0.05) is 217 Å². The van der Waals surface area contributed by atoms with Gasteiger partial charge in [0.25, 0.3) is 23.6 Å². The summed E-state index contributed by atoms with van der Waals surface area (Å²) in [7, 11) is 0. The highest BCUT2D eigenvalue weighted by molar-refractivity contribution is 6.18. The van der Waals surface area contributed by atoms with Crippen molar-refractivity contribution in [2.45, 2.75) is 206 Å². The highest BCUT2D eigenvalue weighted by Gasteiger charge is 2.37. The second kappa shape index (κ2) is 29.8. The molecule has 5 unspecified atom stereocenters. The molecule has 1 aromatic carbocycles. The third kappa shape index (κ3) is 17.4. The van der Waals surface area contributed by atoms with E-state index in [1.807, 2.05) is 18.2 Å². The number of imide groups is 2. The number of carbonyl (C=O) groups is 4. The van der Waals surface area contributed by atoms with Crippen molar-refractivity contribution in [3.63, 3.8) is 0 Å². The molecule has 2 heterocycles. The average molecular weight is 889 g/mol. The Balaban J connectivity index is 1.02. The zero-order valence-electron chi connectivity index (χ0n) is 41.1. The minimum Gasteiger partial charge on any atom is -0.275 e. The maximum Gasteiger partial charge on any atom is 0.261 e. The van der Waals surface area contributed by atoms with Crippen molar-refractivity contribution in [2.75, 3.05) is 13.1 Å². The number of nitrogens with zero attached hydrogens (tertiary/aromatic N) is 2. The number of unbranched alkanes of at least 4 members (excludes halogenated alkanes) is 18. The van der Waals surface area contributed by atoms with Crippen LogP contribution in [0.1, 0.15) is 211 Å². The van der Waals surface area contributed by atoms with Gasteiger partial charge >= 0.3 is 0 Å². The van der Waals surface area contributed by atoms with Gasteiger partial charge in [0, 0.05) is 42.8 Å². The van der Waals surface area contributed by atoms with Gasteiger partial charge in [0.2, 0.25) is 0 Å². The zero-order chi connectivity index (χ0) is 46.1. The predicted octanol–water partition coefficient (Wildman–Crippen LogP) is 15.0. The summed E-state index contributed by atoms with van der Waals surface area (Å²) >= 11 is 0. The summed E-state index contributed by atoms with van der Waals surface area (Å²) in [5, 5.41) is 0. The summed E-state index contributed by atoms with van der Waals surface area (Å²) in [5.41, 5.74) is 3.97. The van der Waals surface area contributed by atoms with Crippen molar-refractivity contribution in [3.05, 3.63) is 89.6 Å². The minimum absolute atomic E-state index is 0.115. The summed E-state index contributed by atoms with van der Waals surface area (Å²) in [4.78, 5) is 53.2. The van der Waals surface area contributed by atoms with Crippen LogP contribution >= 0.6 is 0 Å². The maximum atomic E-state index is 13.5. The molecule has 4 aliphatic rings. The first kappa shape index (κ1) is 52.2. The molecule has 0 spiro atoms. The lowest BCUT2D eigenvalue weighted by molar-refractivity contribution is -0.138. The Morgan fingerprint density at radius 3 is 1.66 bits per heavy atom. The molecular formula is C59H88N2O4. The molecule has 4 amide bonds. The summed E-state index contributed by atoms with van der Waals surface area (Å²) in [6.45, 7) is 9.57. The SMILES string of the molecule is C=Cc1ccc(CCC2C=CC=C2C2=CC(=O)N(CCCCCCCCC3CC(CCCCCCCCN4C(=O)C=CC4=O)CC(CCCCCC)C3CCCCCCCC)C2=O)cc1. The number of rotatable bonds is 35. The standard InChI is InChI=1S/C59H88N2O4/c1-4-7-9-11-18-24-32-53-51(29-22-10-8-5-2)44-49(28-21-16-12-14-19-25-42-60-56(62)40-41-57(60)63)45-52(53)30-23-17-13-15-20-26-43-61-58(64)46-55(59(61)65)54-33-27-31-50(54)39-38-48-36-34-47(6-3)35-37-48/h6,27,31,33-37,40-41,46,49-53H,3-5,7-26,28-30,32,38-39,42-45H2,1-2H3. The van der Waals surface area contributed by atoms with Crippen LogP contribution in [0, 0.1) is 29.6 Å². The molecule has 0 radical (unpaired) electrons. The topological polar surface area (TPSA) is 74.8 Å². The largest absolute Gasteiger partial charge is 0.275 e. The molecular weight excluding hydrogens is 801 g/mol. The van der Waals surface area contributed by atoms with Crippen LogP contribution in [0.25, 0.3) is 6.08 Å². The molecule has 1 fully saturated rings. The van der Waals surface area contributed by atoms with Gasteiger partial charge in [-0.15, -0.1) is 0 Å².